The van der Waals surface area contributed by atoms with Gasteiger partial charge in [-0.05, 0) is 112 Å². The summed E-state index contributed by atoms with van der Waals surface area (Å²) in [6, 6.07) is 118. The van der Waals surface area contributed by atoms with Crippen molar-refractivity contribution in [1.82, 2.24) is 22.8 Å². The lowest BCUT2D eigenvalue weighted by Gasteiger charge is -2.30. The summed E-state index contributed by atoms with van der Waals surface area (Å²) in [6.45, 7) is 0. The van der Waals surface area contributed by atoms with Gasteiger partial charge >= 0.3 is 0 Å². The van der Waals surface area contributed by atoms with Crippen LogP contribution in [0.25, 0.3) is 171 Å². The van der Waals surface area contributed by atoms with E-state index >= 15 is 0 Å². The maximum absolute atomic E-state index is 13.4. The Labute approximate surface area is 523 Å². The number of aromatic nitrogens is 5. The molecule has 0 aliphatic heterocycles. The molecule has 19 rings (SSSR count). The Bertz CT molecular complexity index is 5860. The zero-order valence-electron chi connectivity index (χ0n) is 49.2. The van der Waals surface area contributed by atoms with Crippen LogP contribution in [0.3, 0.4) is 0 Å². The molecule has 5 aromatic heterocycles. The molecule has 91 heavy (non-hydrogen) atoms. The number of nitriles is 1. The molecule has 0 saturated carbocycles. The van der Waals surface area contributed by atoms with Gasteiger partial charge in [0.2, 0.25) is 0 Å². The molecule has 0 aliphatic rings. The fourth-order valence-corrected chi connectivity index (χ4v) is 15.3. The van der Waals surface area contributed by atoms with Crippen LogP contribution in [0.2, 0.25) is 0 Å². The predicted octanol–water partition coefficient (Wildman–Crippen LogP) is 22.0. The molecule has 0 saturated heterocycles. The number of hydrogen-bond acceptors (Lipinski definition) is 1. The van der Waals surface area contributed by atoms with Crippen LogP contribution < -0.4 is 0 Å². The van der Waals surface area contributed by atoms with Crippen molar-refractivity contribution in [3.8, 4) is 67.9 Å². The molecule has 6 heteroatoms. The standard InChI is InChI=1S/C85H52N6/c86-53-70-81(87-75-41-21-14-34-64(75)67-50-57(44-47-78(67)87)54-24-4-1-5-25-54)83(89-71-37-17-10-30-60(71)61-31-11-18-38-72(61)89)85(91-77-43-23-16-36-66(77)69-52-59(46-49-80(69)91)56-28-8-3-9-29-56)84(90-73-39-19-12-32-62(73)63-33-13-20-40-74(63)90)82(70)88-76-42-22-15-35-65(76)68-51-58(45-48-79(68)88)55-26-6-2-7-27-55/h1-52H. The molecule has 14 aromatic carbocycles. The van der Waals surface area contributed by atoms with Crippen LogP contribution in [0.1, 0.15) is 5.56 Å². The van der Waals surface area contributed by atoms with Gasteiger partial charge in [-0.1, -0.05) is 237 Å². The van der Waals surface area contributed by atoms with Crippen LogP contribution in [-0.2, 0) is 0 Å². The van der Waals surface area contributed by atoms with Gasteiger partial charge in [0.1, 0.15) is 11.6 Å². The van der Waals surface area contributed by atoms with E-state index in [1.807, 2.05) is 0 Å². The van der Waals surface area contributed by atoms with Gasteiger partial charge in [0.25, 0.3) is 0 Å². The minimum Gasteiger partial charge on any atom is -0.306 e. The fraction of sp³-hybridized carbons (Fsp3) is 0. The van der Waals surface area contributed by atoms with E-state index < -0.39 is 0 Å². The molecule has 0 bridgehead atoms. The number of benzene rings is 14. The number of nitrogens with zero attached hydrogens (tertiary/aromatic N) is 6. The summed E-state index contributed by atoms with van der Waals surface area (Å²) < 4.78 is 12.4. The Morgan fingerprint density at radius 1 is 0.176 bits per heavy atom. The highest BCUT2D eigenvalue weighted by Crippen LogP contribution is 2.52. The summed E-state index contributed by atoms with van der Waals surface area (Å²) in [6.07, 6.45) is 0. The van der Waals surface area contributed by atoms with Crippen molar-refractivity contribution < 1.29 is 0 Å². The highest BCUT2D eigenvalue weighted by molar-refractivity contribution is 6.19. The van der Waals surface area contributed by atoms with Crippen molar-refractivity contribution in [3.05, 3.63) is 321 Å². The fourth-order valence-electron chi connectivity index (χ4n) is 15.3. The lowest BCUT2D eigenvalue weighted by molar-refractivity contribution is 0.992. The summed E-state index contributed by atoms with van der Waals surface area (Å²) >= 11 is 0. The third-order valence-corrected chi connectivity index (χ3v) is 19.1. The van der Waals surface area contributed by atoms with Crippen molar-refractivity contribution in [2.45, 2.75) is 0 Å². The van der Waals surface area contributed by atoms with Gasteiger partial charge in [0, 0.05) is 53.9 Å². The maximum Gasteiger partial charge on any atom is 0.105 e. The predicted molar refractivity (Wildman–Crippen MR) is 379 cm³/mol. The minimum atomic E-state index is 0.509. The number of para-hydroxylation sites is 7. The van der Waals surface area contributed by atoms with E-state index in [9.17, 15) is 5.26 Å². The first-order valence-corrected chi connectivity index (χ1v) is 31.1. The lowest BCUT2D eigenvalue weighted by Crippen LogP contribution is -2.18. The summed E-state index contributed by atoms with van der Waals surface area (Å²) in [5.41, 5.74) is 21.4. The monoisotopic (exact) mass is 1160 g/mol. The molecule has 0 N–H and O–H groups in total. The average molecular weight is 1160 g/mol. The molecule has 19 aromatic rings. The highest BCUT2D eigenvalue weighted by atomic mass is 15.2. The molecule has 6 nitrogen and oxygen atoms in total. The van der Waals surface area contributed by atoms with Crippen molar-refractivity contribution in [3.63, 3.8) is 0 Å². The molecular formula is C85H52N6. The lowest BCUT2D eigenvalue weighted by atomic mass is 10.0. The molecule has 0 aliphatic carbocycles. The quantitative estimate of drug-likeness (QED) is 0.150. The van der Waals surface area contributed by atoms with Gasteiger partial charge in [-0.15, -0.1) is 0 Å². The largest absolute Gasteiger partial charge is 0.306 e. The average Bonchev–Trinajstić information content (AvgIpc) is 1.64. The third-order valence-electron chi connectivity index (χ3n) is 19.1. The normalized spacial score (nSPS) is 11.9. The number of rotatable bonds is 8. The van der Waals surface area contributed by atoms with Gasteiger partial charge in [-0.25, -0.2) is 0 Å². The highest BCUT2D eigenvalue weighted by Gasteiger charge is 2.36. The Morgan fingerprint density at radius 2 is 0.374 bits per heavy atom. The summed E-state index contributed by atoms with van der Waals surface area (Å²) in [4.78, 5) is 0. The molecule has 0 amide bonds. The van der Waals surface area contributed by atoms with Crippen LogP contribution in [0, 0.1) is 11.3 Å². The van der Waals surface area contributed by atoms with E-state index in [0.29, 0.717) is 5.56 Å². The van der Waals surface area contributed by atoms with Crippen LogP contribution in [0.4, 0.5) is 0 Å². The molecule has 5 heterocycles. The zero-order chi connectivity index (χ0) is 59.8. The smallest absolute Gasteiger partial charge is 0.105 e. The second-order valence-electron chi connectivity index (χ2n) is 23.8. The second kappa shape index (κ2) is 19.8. The van der Waals surface area contributed by atoms with Crippen LogP contribution >= 0.6 is 0 Å². The first-order chi connectivity index (χ1) is 45.2. The van der Waals surface area contributed by atoms with Crippen molar-refractivity contribution in [2.24, 2.45) is 0 Å². The molecule has 0 radical (unpaired) electrons. The van der Waals surface area contributed by atoms with Crippen LogP contribution in [-0.4, -0.2) is 22.8 Å². The number of fused-ring (bicyclic) bond motifs is 15. The van der Waals surface area contributed by atoms with E-state index in [1.165, 1.54) is 0 Å². The topological polar surface area (TPSA) is 48.4 Å². The summed E-state index contributed by atoms with van der Waals surface area (Å²) in [7, 11) is 0. The Hall–Kier alpha value is -12.4. The van der Waals surface area contributed by atoms with E-state index in [-0.39, 0.29) is 0 Å². The Balaban J connectivity index is 1.13. The maximum atomic E-state index is 13.4. The van der Waals surface area contributed by atoms with Gasteiger partial charge in [0.05, 0.1) is 83.6 Å². The van der Waals surface area contributed by atoms with Crippen LogP contribution in [0.15, 0.2) is 315 Å². The van der Waals surface area contributed by atoms with E-state index in [1.54, 1.807) is 0 Å². The molecule has 0 fully saturated rings. The van der Waals surface area contributed by atoms with Crippen molar-refractivity contribution in [2.75, 3.05) is 0 Å². The van der Waals surface area contributed by atoms with Gasteiger partial charge in [-0.2, -0.15) is 5.26 Å². The van der Waals surface area contributed by atoms with Crippen molar-refractivity contribution in [1.29, 1.82) is 5.26 Å². The third kappa shape index (κ3) is 7.35. The van der Waals surface area contributed by atoms with Gasteiger partial charge in [-0.3, -0.25) is 0 Å². The number of hydrogen-bond donors (Lipinski definition) is 0. The molecule has 0 unspecified atom stereocenters. The van der Waals surface area contributed by atoms with Gasteiger partial charge in [0.15, 0.2) is 0 Å². The van der Waals surface area contributed by atoms with E-state index in [4.69, 9.17) is 0 Å². The minimum absolute atomic E-state index is 0.509. The Morgan fingerprint density at radius 3 is 0.626 bits per heavy atom. The molecule has 0 atom stereocenters. The molecular weight excluding hydrogens is 1100 g/mol. The Kier molecular flexibility index (Phi) is 11.0. The van der Waals surface area contributed by atoms with Crippen molar-refractivity contribution >= 4 is 109 Å². The van der Waals surface area contributed by atoms with E-state index in [0.717, 1.165) is 171 Å². The SMILES string of the molecule is N#Cc1c(-n2c3ccccc3c3cc(-c4ccccc4)ccc32)c(-n2c3ccccc3c3ccccc32)c(-n2c3ccccc3c3cc(-c4ccccc4)ccc32)c(-n2c3ccccc3c3ccccc32)c1-n1c2ccccc2c2cc(-c3ccccc3)ccc21. The molecule has 0 spiro atoms. The van der Waals surface area contributed by atoms with E-state index in [2.05, 4.69) is 344 Å². The van der Waals surface area contributed by atoms with Gasteiger partial charge < -0.3 is 22.8 Å². The molecule has 422 valence electrons. The van der Waals surface area contributed by atoms with Crippen LogP contribution in [0.5, 0.6) is 0 Å². The zero-order valence-corrected chi connectivity index (χ0v) is 49.2. The second-order valence-corrected chi connectivity index (χ2v) is 23.8. The first kappa shape index (κ1) is 50.7. The summed E-state index contributed by atoms with van der Waals surface area (Å²) in [5, 5.41) is 24.4. The summed E-state index contributed by atoms with van der Waals surface area (Å²) in [5.74, 6) is 0. The first-order valence-electron chi connectivity index (χ1n) is 31.1.